The second kappa shape index (κ2) is 9.44. The van der Waals surface area contributed by atoms with Crippen molar-refractivity contribution in [3.05, 3.63) is 28.2 Å². The van der Waals surface area contributed by atoms with Gasteiger partial charge in [0.2, 0.25) is 0 Å². The van der Waals surface area contributed by atoms with Gasteiger partial charge >= 0.3 is 0 Å². The summed E-state index contributed by atoms with van der Waals surface area (Å²) in [6, 6.07) is 6.47. The Morgan fingerprint density at radius 3 is 2.57 bits per heavy atom. The lowest BCUT2D eigenvalue weighted by atomic mass is 10.1. The van der Waals surface area contributed by atoms with Gasteiger partial charge in [0.05, 0.1) is 12.7 Å². The van der Waals surface area contributed by atoms with Gasteiger partial charge < -0.3 is 15.0 Å². The molecule has 0 unspecified atom stereocenters. The number of benzene rings is 1. The number of nitrogens with one attached hydrogen (secondary N) is 1. The van der Waals surface area contributed by atoms with Crippen LogP contribution in [0.25, 0.3) is 0 Å². The van der Waals surface area contributed by atoms with Crippen molar-refractivity contribution in [1.29, 1.82) is 0 Å². The number of likely N-dealkylation sites (N-methyl/N-ethyl adjacent to an activating group) is 1. The average Bonchev–Trinajstić information content (AvgIpc) is 2.39. The molecule has 0 saturated heterocycles. The summed E-state index contributed by atoms with van der Waals surface area (Å²) in [4.78, 5) is 2.26. The molecule has 0 aliphatic rings. The highest BCUT2D eigenvalue weighted by Crippen LogP contribution is 2.24. The van der Waals surface area contributed by atoms with Gasteiger partial charge in [-0.1, -0.05) is 35.8 Å². The van der Waals surface area contributed by atoms with Crippen LogP contribution in [0.3, 0.4) is 0 Å². The lowest BCUT2D eigenvalue weighted by Crippen LogP contribution is -2.26. The second-order valence-electron chi connectivity index (χ2n) is 6.14. The van der Waals surface area contributed by atoms with E-state index >= 15 is 0 Å². The Kier molecular flexibility index (Phi) is 8.30. The van der Waals surface area contributed by atoms with Crippen LogP contribution in [0.1, 0.15) is 33.3 Å². The fraction of sp³-hybridized carbons (Fsp3) is 0.647. The first-order chi connectivity index (χ1) is 9.90. The van der Waals surface area contributed by atoms with Crippen LogP contribution in [-0.4, -0.2) is 32.8 Å². The Bertz CT molecular complexity index is 421. The normalized spacial score (nSPS) is 11.4. The highest BCUT2D eigenvalue weighted by Gasteiger charge is 2.09. The number of hydrogen-bond acceptors (Lipinski definition) is 3. The van der Waals surface area contributed by atoms with Crippen molar-refractivity contribution >= 4 is 21.6 Å². The minimum Gasteiger partial charge on any atom is -0.377 e. The van der Waals surface area contributed by atoms with Gasteiger partial charge in [-0.05, 0) is 44.0 Å². The molecule has 1 rings (SSSR count). The van der Waals surface area contributed by atoms with E-state index in [2.05, 4.69) is 79.1 Å². The molecule has 21 heavy (non-hydrogen) atoms. The SMILES string of the molecule is CC(C)CNCc1ccc(Br)cc1N(C)CCOC(C)C. The molecule has 0 spiro atoms. The van der Waals surface area contributed by atoms with Gasteiger partial charge in [0.1, 0.15) is 0 Å². The van der Waals surface area contributed by atoms with Crippen molar-refractivity contribution in [3.63, 3.8) is 0 Å². The third kappa shape index (κ3) is 7.30. The molecule has 0 radical (unpaired) electrons. The number of nitrogens with zero attached hydrogens (tertiary/aromatic N) is 1. The first kappa shape index (κ1) is 18.5. The smallest absolute Gasteiger partial charge is 0.0644 e. The zero-order chi connectivity index (χ0) is 15.8. The predicted molar refractivity (Wildman–Crippen MR) is 95.0 cm³/mol. The lowest BCUT2D eigenvalue weighted by molar-refractivity contribution is 0.0846. The topological polar surface area (TPSA) is 24.5 Å². The van der Waals surface area contributed by atoms with E-state index in [0.29, 0.717) is 5.92 Å². The van der Waals surface area contributed by atoms with Gasteiger partial charge in [-0.2, -0.15) is 0 Å². The highest BCUT2D eigenvalue weighted by molar-refractivity contribution is 9.10. The number of ether oxygens (including phenoxy) is 1. The third-order valence-corrected chi connectivity index (χ3v) is 3.70. The first-order valence-electron chi connectivity index (χ1n) is 7.72. The molecule has 0 bridgehead atoms. The summed E-state index contributed by atoms with van der Waals surface area (Å²) in [7, 11) is 2.12. The molecule has 1 aromatic carbocycles. The van der Waals surface area contributed by atoms with E-state index in [1.807, 2.05) is 0 Å². The minimum atomic E-state index is 0.285. The quantitative estimate of drug-likeness (QED) is 0.721. The molecule has 0 aliphatic carbocycles. The van der Waals surface area contributed by atoms with Crippen LogP contribution in [0, 0.1) is 5.92 Å². The van der Waals surface area contributed by atoms with E-state index in [4.69, 9.17) is 4.74 Å². The van der Waals surface area contributed by atoms with Crippen LogP contribution in [0.15, 0.2) is 22.7 Å². The van der Waals surface area contributed by atoms with Crippen LogP contribution in [0.4, 0.5) is 5.69 Å². The summed E-state index contributed by atoms with van der Waals surface area (Å²) >= 11 is 3.57. The van der Waals surface area contributed by atoms with E-state index in [1.165, 1.54) is 11.3 Å². The van der Waals surface area contributed by atoms with Crippen LogP contribution >= 0.6 is 15.9 Å². The molecule has 1 N–H and O–H groups in total. The van der Waals surface area contributed by atoms with Crippen LogP contribution in [0.2, 0.25) is 0 Å². The molecule has 0 saturated carbocycles. The van der Waals surface area contributed by atoms with Crippen molar-refractivity contribution < 1.29 is 4.74 Å². The molecule has 0 heterocycles. The molecule has 0 amide bonds. The zero-order valence-corrected chi connectivity index (χ0v) is 15.5. The molecule has 1 aromatic rings. The Balaban J connectivity index is 2.66. The van der Waals surface area contributed by atoms with Crippen molar-refractivity contribution in [2.45, 2.75) is 40.3 Å². The van der Waals surface area contributed by atoms with Crippen LogP contribution in [-0.2, 0) is 11.3 Å². The van der Waals surface area contributed by atoms with Crippen molar-refractivity contribution in [2.24, 2.45) is 5.92 Å². The van der Waals surface area contributed by atoms with E-state index in [-0.39, 0.29) is 6.10 Å². The summed E-state index contributed by atoms with van der Waals surface area (Å²) in [5.41, 5.74) is 2.58. The Labute approximate surface area is 138 Å². The average molecular weight is 357 g/mol. The van der Waals surface area contributed by atoms with Crippen LogP contribution in [0.5, 0.6) is 0 Å². The summed E-state index contributed by atoms with van der Waals surface area (Å²) < 4.78 is 6.76. The van der Waals surface area contributed by atoms with Gasteiger partial charge in [-0.3, -0.25) is 0 Å². The predicted octanol–water partition coefficient (Wildman–Crippen LogP) is 4.06. The fourth-order valence-corrected chi connectivity index (χ4v) is 2.43. The Morgan fingerprint density at radius 1 is 1.24 bits per heavy atom. The highest BCUT2D eigenvalue weighted by atomic mass is 79.9. The largest absolute Gasteiger partial charge is 0.377 e. The number of halogens is 1. The van der Waals surface area contributed by atoms with E-state index in [9.17, 15) is 0 Å². The summed E-state index contributed by atoms with van der Waals surface area (Å²) in [6.07, 6.45) is 0.285. The monoisotopic (exact) mass is 356 g/mol. The molecule has 0 aliphatic heterocycles. The maximum Gasteiger partial charge on any atom is 0.0644 e. The lowest BCUT2D eigenvalue weighted by Gasteiger charge is -2.24. The number of hydrogen-bond donors (Lipinski definition) is 1. The van der Waals surface area contributed by atoms with E-state index in [0.717, 1.165) is 30.7 Å². The Hall–Kier alpha value is -0.580. The van der Waals surface area contributed by atoms with Crippen LogP contribution < -0.4 is 10.2 Å². The maximum atomic E-state index is 5.65. The Morgan fingerprint density at radius 2 is 1.95 bits per heavy atom. The molecule has 0 atom stereocenters. The molecular formula is C17H29BrN2O. The van der Waals surface area contributed by atoms with Crippen molar-refractivity contribution in [1.82, 2.24) is 5.32 Å². The molecule has 120 valence electrons. The van der Waals surface area contributed by atoms with Gasteiger partial charge in [-0.15, -0.1) is 0 Å². The standard InChI is InChI=1S/C17H29BrN2O/c1-13(2)11-19-12-15-6-7-16(18)10-17(15)20(5)8-9-21-14(3)4/h6-7,10,13-14,19H,8-9,11-12H2,1-5H3. The summed E-state index contributed by atoms with van der Waals surface area (Å²) in [5, 5.41) is 3.52. The fourth-order valence-electron chi connectivity index (χ4n) is 2.08. The summed E-state index contributed by atoms with van der Waals surface area (Å²) in [6.45, 7) is 12.2. The second-order valence-corrected chi connectivity index (χ2v) is 7.05. The third-order valence-electron chi connectivity index (χ3n) is 3.20. The molecule has 0 fully saturated rings. The van der Waals surface area contributed by atoms with E-state index < -0.39 is 0 Å². The number of anilines is 1. The molecule has 0 aromatic heterocycles. The molecular weight excluding hydrogens is 328 g/mol. The van der Waals surface area contributed by atoms with Gasteiger partial charge in [0.25, 0.3) is 0 Å². The zero-order valence-electron chi connectivity index (χ0n) is 13.9. The van der Waals surface area contributed by atoms with Gasteiger partial charge in [0, 0.05) is 30.3 Å². The molecule has 3 nitrogen and oxygen atoms in total. The molecule has 4 heteroatoms. The van der Waals surface area contributed by atoms with E-state index in [1.54, 1.807) is 0 Å². The summed E-state index contributed by atoms with van der Waals surface area (Å²) in [5.74, 6) is 0.668. The van der Waals surface area contributed by atoms with Crippen molar-refractivity contribution in [2.75, 3.05) is 31.6 Å². The van der Waals surface area contributed by atoms with Crippen molar-refractivity contribution in [3.8, 4) is 0 Å². The van der Waals surface area contributed by atoms with Gasteiger partial charge in [0.15, 0.2) is 0 Å². The number of rotatable bonds is 9. The minimum absolute atomic E-state index is 0.285. The maximum absolute atomic E-state index is 5.65. The first-order valence-corrected chi connectivity index (χ1v) is 8.51. The van der Waals surface area contributed by atoms with Gasteiger partial charge in [-0.25, -0.2) is 0 Å².